The van der Waals surface area contributed by atoms with Gasteiger partial charge in [0.25, 0.3) is 0 Å². The molecule has 2 aliphatic rings. The van der Waals surface area contributed by atoms with E-state index in [4.69, 9.17) is 11.6 Å². The zero-order valence-electron chi connectivity index (χ0n) is 8.14. The van der Waals surface area contributed by atoms with Crippen LogP contribution in [-0.2, 0) is 11.2 Å². The fraction of sp³-hybridized carbons (Fsp3) is 0.364. The molecule has 1 aromatic rings. The van der Waals surface area contributed by atoms with E-state index in [1.165, 1.54) is 12.8 Å². The highest BCUT2D eigenvalue weighted by Gasteiger charge is 2.24. The SMILES string of the molecule is O=C1Cc2cc(NC3CC3)c(Cl)cc2N1. The Morgan fingerprint density at radius 3 is 2.93 bits per heavy atom. The highest BCUT2D eigenvalue weighted by atomic mass is 35.5. The van der Waals surface area contributed by atoms with Crippen molar-refractivity contribution in [1.29, 1.82) is 0 Å². The lowest BCUT2D eigenvalue weighted by Gasteiger charge is -2.09. The molecular weight excluding hydrogens is 212 g/mol. The predicted molar refractivity (Wildman–Crippen MR) is 60.4 cm³/mol. The van der Waals surface area contributed by atoms with Gasteiger partial charge in [0, 0.05) is 11.7 Å². The fourth-order valence-electron chi connectivity index (χ4n) is 1.81. The van der Waals surface area contributed by atoms with Crippen LogP contribution in [0.2, 0.25) is 5.02 Å². The van der Waals surface area contributed by atoms with Gasteiger partial charge in [0.05, 0.1) is 17.1 Å². The summed E-state index contributed by atoms with van der Waals surface area (Å²) in [5.74, 6) is 0.0460. The van der Waals surface area contributed by atoms with Gasteiger partial charge in [-0.05, 0) is 30.5 Å². The second kappa shape index (κ2) is 3.14. The quantitative estimate of drug-likeness (QED) is 0.807. The van der Waals surface area contributed by atoms with Gasteiger partial charge >= 0.3 is 0 Å². The van der Waals surface area contributed by atoms with E-state index in [9.17, 15) is 4.79 Å². The van der Waals surface area contributed by atoms with Gasteiger partial charge in [0.2, 0.25) is 5.91 Å². The van der Waals surface area contributed by atoms with Crippen molar-refractivity contribution in [1.82, 2.24) is 0 Å². The fourth-order valence-corrected chi connectivity index (χ4v) is 2.02. The summed E-state index contributed by atoms with van der Waals surface area (Å²) in [5.41, 5.74) is 2.84. The molecule has 3 nitrogen and oxygen atoms in total. The summed E-state index contributed by atoms with van der Waals surface area (Å²) in [4.78, 5) is 11.2. The summed E-state index contributed by atoms with van der Waals surface area (Å²) in [6, 6.07) is 4.38. The summed E-state index contributed by atoms with van der Waals surface area (Å²) in [6.07, 6.45) is 2.89. The molecule has 1 heterocycles. The third kappa shape index (κ3) is 1.67. The van der Waals surface area contributed by atoms with E-state index >= 15 is 0 Å². The largest absolute Gasteiger partial charge is 0.381 e. The maximum absolute atomic E-state index is 11.2. The molecule has 1 fully saturated rings. The van der Waals surface area contributed by atoms with Crippen LogP contribution in [0.25, 0.3) is 0 Å². The van der Waals surface area contributed by atoms with E-state index in [1.54, 1.807) is 0 Å². The second-order valence-electron chi connectivity index (χ2n) is 4.13. The first-order chi connectivity index (χ1) is 7.22. The molecule has 0 saturated heterocycles. The number of benzene rings is 1. The number of fused-ring (bicyclic) bond motifs is 1. The number of hydrogen-bond donors (Lipinski definition) is 2. The van der Waals surface area contributed by atoms with Gasteiger partial charge in [0.15, 0.2) is 0 Å². The highest BCUT2D eigenvalue weighted by Crippen LogP contribution is 2.35. The number of carbonyl (C=O) groups excluding carboxylic acids is 1. The van der Waals surface area contributed by atoms with E-state index in [0.29, 0.717) is 17.5 Å². The van der Waals surface area contributed by atoms with Crippen LogP contribution in [0.15, 0.2) is 12.1 Å². The molecule has 0 unspecified atom stereocenters. The van der Waals surface area contributed by atoms with Crippen LogP contribution in [0.3, 0.4) is 0 Å². The topological polar surface area (TPSA) is 41.1 Å². The molecule has 1 aliphatic carbocycles. The Morgan fingerprint density at radius 1 is 1.40 bits per heavy atom. The minimum atomic E-state index is 0.0460. The highest BCUT2D eigenvalue weighted by molar-refractivity contribution is 6.33. The minimum absolute atomic E-state index is 0.0460. The van der Waals surface area contributed by atoms with Crippen LogP contribution in [0.4, 0.5) is 11.4 Å². The van der Waals surface area contributed by atoms with Crippen molar-refractivity contribution in [3.63, 3.8) is 0 Å². The molecule has 0 aromatic heterocycles. The molecular formula is C11H11ClN2O. The molecule has 3 rings (SSSR count). The number of hydrogen-bond acceptors (Lipinski definition) is 2. The van der Waals surface area contributed by atoms with Crippen LogP contribution in [0, 0.1) is 0 Å². The zero-order chi connectivity index (χ0) is 10.4. The molecule has 78 valence electrons. The monoisotopic (exact) mass is 222 g/mol. The minimum Gasteiger partial charge on any atom is -0.381 e. The van der Waals surface area contributed by atoms with Crippen molar-refractivity contribution >= 4 is 28.9 Å². The molecule has 1 amide bonds. The van der Waals surface area contributed by atoms with Crippen molar-refractivity contribution in [2.45, 2.75) is 25.3 Å². The van der Waals surface area contributed by atoms with Crippen LogP contribution in [0.5, 0.6) is 0 Å². The van der Waals surface area contributed by atoms with Crippen LogP contribution in [-0.4, -0.2) is 11.9 Å². The third-order valence-corrected chi connectivity index (χ3v) is 3.07. The summed E-state index contributed by atoms with van der Waals surface area (Å²) >= 11 is 6.11. The third-order valence-electron chi connectivity index (χ3n) is 2.75. The summed E-state index contributed by atoms with van der Waals surface area (Å²) in [7, 11) is 0. The van der Waals surface area contributed by atoms with Crippen molar-refractivity contribution < 1.29 is 4.79 Å². The molecule has 1 saturated carbocycles. The Morgan fingerprint density at radius 2 is 2.20 bits per heavy atom. The van der Waals surface area contributed by atoms with E-state index < -0.39 is 0 Å². The molecule has 1 aliphatic heterocycles. The molecule has 0 bridgehead atoms. The van der Waals surface area contributed by atoms with E-state index in [-0.39, 0.29) is 5.91 Å². The molecule has 1 aromatic carbocycles. The van der Waals surface area contributed by atoms with Crippen molar-refractivity contribution in [2.24, 2.45) is 0 Å². The van der Waals surface area contributed by atoms with Crippen LogP contribution in [0.1, 0.15) is 18.4 Å². The summed E-state index contributed by atoms with van der Waals surface area (Å²) < 4.78 is 0. The van der Waals surface area contributed by atoms with Gasteiger partial charge in [-0.25, -0.2) is 0 Å². The molecule has 4 heteroatoms. The Labute approximate surface area is 92.8 Å². The number of halogens is 1. The van der Waals surface area contributed by atoms with Gasteiger partial charge < -0.3 is 10.6 Å². The van der Waals surface area contributed by atoms with Gasteiger partial charge in [-0.1, -0.05) is 11.6 Å². The van der Waals surface area contributed by atoms with Gasteiger partial charge in [0.1, 0.15) is 0 Å². The lowest BCUT2D eigenvalue weighted by Crippen LogP contribution is -2.03. The van der Waals surface area contributed by atoms with Gasteiger partial charge in [-0.2, -0.15) is 0 Å². The van der Waals surface area contributed by atoms with Crippen LogP contribution >= 0.6 is 11.6 Å². The Balaban J connectivity index is 1.95. The lowest BCUT2D eigenvalue weighted by molar-refractivity contribution is -0.115. The van der Waals surface area contributed by atoms with E-state index in [2.05, 4.69) is 10.6 Å². The zero-order valence-corrected chi connectivity index (χ0v) is 8.90. The van der Waals surface area contributed by atoms with Gasteiger partial charge in [-0.15, -0.1) is 0 Å². The average Bonchev–Trinajstić information content (AvgIpc) is 2.90. The first kappa shape index (κ1) is 9.04. The average molecular weight is 223 g/mol. The van der Waals surface area contributed by atoms with E-state index in [0.717, 1.165) is 16.9 Å². The predicted octanol–water partition coefficient (Wildman–Crippen LogP) is 2.41. The number of anilines is 2. The van der Waals surface area contributed by atoms with Gasteiger partial charge in [-0.3, -0.25) is 4.79 Å². The first-order valence-corrected chi connectivity index (χ1v) is 5.49. The second-order valence-corrected chi connectivity index (χ2v) is 4.54. The smallest absolute Gasteiger partial charge is 0.228 e. The van der Waals surface area contributed by atoms with Crippen LogP contribution < -0.4 is 10.6 Å². The lowest BCUT2D eigenvalue weighted by atomic mass is 10.1. The first-order valence-electron chi connectivity index (χ1n) is 5.11. The normalized spacial score (nSPS) is 18.6. The molecule has 0 atom stereocenters. The Bertz CT molecular complexity index is 440. The van der Waals surface area contributed by atoms with E-state index in [1.807, 2.05) is 12.1 Å². The number of nitrogens with one attached hydrogen (secondary N) is 2. The van der Waals surface area contributed by atoms with Crippen molar-refractivity contribution in [3.05, 3.63) is 22.7 Å². The molecule has 2 N–H and O–H groups in total. The summed E-state index contributed by atoms with van der Waals surface area (Å²) in [5, 5.41) is 6.82. The maximum atomic E-state index is 11.2. The Kier molecular flexibility index (Phi) is 1.89. The van der Waals surface area contributed by atoms with Crippen molar-refractivity contribution in [2.75, 3.05) is 10.6 Å². The molecule has 0 radical (unpaired) electrons. The Hall–Kier alpha value is -1.22. The van der Waals surface area contributed by atoms with Crippen molar-refractivity contribution in [3.8, 4) is 0 Å². The standard InChI is InChI=1S/C11H11ClN2O/c12-8-5-9-6(4-11(15)14-9)3-10(8)13-7-1-2-7/h3,5,7,13H,1-2,4H2,(H,14,15). The maximum Gasteiger partial charge on any atom is 0.228 e. The summed E-state index contributed by atoms with van der Waals surface area (Å²) in [6.45, 7) is 0. The molecule has 0 spiro atoms. The number of carbonyl (C=O) groups is 1. The number of rotatable bonds is 2. The number of amides is 1. The molecule has 15 heavy (non-hydrogen) atoms.